The molecule has 0 fully saturated rings. The van der Waals surface area contributed by atoms with Crippen LogP contribution in [-0.2, 0) is 20.9 Å². The van der Waals surface area contributed by atoms with Gasteiger partial charge in [0.25, 0.3) is 0 Å². The molecule has 28 heavy (non-hydrogen) atoms. The van der Waals surface area contributed by atoms with Crippen molar-refractivity contribution in [3.63, 3.8) is 0 Å². The largest absolute Gasteiger partial charge is 0.493 e. The van der Waals surface area contributed by atoms with Crippen LogP contribution in [-0.4, -0.2) is 32.6 Å². The maximum atomic E-state index is 11.9. The maximum absolute atomic E-state index is 11.9. The second-order valence-electron chi connectivity index (χ2n) is 5.81. The zero-order valence-corrected chi connectivity index (χ0v) is 16.3. The molecule has 0 N–H and O–H groups in total. The number of methoxy groups -OCH3 is 2. The molecule has 2 rings (SSSR count). The molecule has 0 aliphatic rings. The van der Waals surface area contributed by atoms with Crippen LogP contribution >= 0.6 is 0 Å². The van der Waals surface area contributed by atoms with E-state index in [1.54, 1.807) is 25.1 Å². The molecule has 2 aromatic carbocycles. The summed E-state index contributed by atoms with van der Waals surface area (Å²) < 4.78 is 21.5. The van der Waals surface area contributed by atoms with Gasteiger partial charge < -0.3 is 18.9 Å². The van der Waals surface area contributed by atoms with Crippen LogP contribution in [0.15, 0.2) is 48.5 Å². The van der Waals surface area contributed by atoms with Crippen molar-refractivity contribution in [1.29, 1.82) is 0 Å². The van der Waals surface area contributed by atoms with Crippen molar-refractivity contribution in [2.75, 3.05) is 20.8 Å². The molecule has 0 radical (unpaired) electrons. The van der Waals surface area contributed by atoms with Gasteiger partial charge in [0.2, 0.25) is 5.75 Å². The van der Waals surface area contributed by atoms with E-state index in [9.17, 15) is 9.59 Å². The van der Waals surface area contributed by atoms with E-state index in [0.29, 0.717) is 29.4 Å². The van der Waals surface area contributed by atoms with E-state index in [1.807, 2.05) is 30.3 Å². The van der Waals surface area contributed by atoms with Crippen LogP contribution in [0, 0.1) is 0 Å². The Bertz CT molecular complexity index is 801. The molecule has 0 saturated heterocycles. The van der Waals surface area contributed by atoms with Crippen LogP contribution in [0.4, 0.5) is 0 Å². The molecule has 0 heterocycles. The molecule has 0 atom stereocenters. The summed E-state index contributed by atoms with van der Waals surface area (Å²) in [7, 11) is 3.06. The number of benzene rings is 2. The smallest absolute Gasteiger partial charge is 0.313 e. The fraction of sp³-hybridized carbons (Fsp3) is 0.273. The first-order chi connectivity index (χ1) is 13.6. The second kappa shape index (κ2) is 10.8. The minimum atomic E-state index is -0.544. The highest BCUT2D eigenvalue weighted by atomic mass is 16.5. The lowest BCUT2D eigenvalue weighted by atomic mass is 10.1. The van der Waals surface area contributed by atoms with Crippen molar-refractivity contribution in [1.82, 2.24) is 0 Å². The van der Waals surface area contributed by atoms with Gasteiger partial charge in [-0.15, -0.1) is 0 Å². The Kier molecular flexibility index (Phi) is 8.09. The molecule has 6 nitrogen and oxygen atoms in total. The SMILES string of the molecule is CCOC(=O)CC(=O)/C=C/c1cc(OC)c(OCc2ccccc2)c(OC)c1. The molecule has 0 aliphatic heterocycles. The van der Waals surface area contributed by atoms with Gasteiger partial charge in [0.05, 0.1) is 20.8 Å². The Morgan fingerprint density at radius 3 is 2.21 bits per heavy atom. The van der Waals surface area contributed by atoms with Crippen molar-refractivity contribution in [3.8, 4) is 17.2 Å². The summed E-state index contributed by atoms with van der Waals surface area (Å²) in [4.78, 5) is 23.2. The van der Waals surface area contributed by atoms with Crippen molar-refractivity contribution < 1.29 is 28.5 Å². The molecule has 0 aromatic heterocycles. The fourth-order valence-electron chi connectivity index (χ4n) is 2.47. The number of ketones is 1. The lowest BCUT2D eigenvalue weighted by Crippen LogP contribution is -2.09. The predicted molar refractivity (Wildman–Crippen MR) is 106 cm³/mol. The minimum absolute atomic E-state index is 0.245. The quantitative estimate of drug-likeness (QED) is 0.352. The van der Waals surface area contributed by atoms with Crippen molar-refractivity contribution >= 4 is 17.8 Å². The van der Waals surface area contributed by atoms with E-state index in [2.05, 4.69) is 0 Å². The van der Waals surface area contributed by atoms with E-state index in [1.165, 1.54) is 20.3 Å². The van der Waals surface area contributed by atoms with Crippen molar-refractivity contribution in [2.24, 2.45) is 0 Å². The first-order valence-corrected chi connectivity index (χ1v) is 8.86. The lowest BCUT2D eigenvalue weighted by Gasteiger charge is -2.15. The average Bonchev–Trinajstić information content (AvgIpc) is 2.71. The van der Waals surface area contributed by atoms with Gasteiger partial charge in [-0.3, -0.25) is 9.59 Å². The number of carbonyl (C=O) groups is 2. The van der Waals surface area contributed by atoms with Gasteiger partial charge in [0, 0.05) is 0 Å². The third-order valence-corrected chi connectivity index (χ3v) is 3.79. The Morgan fingerprint density at radius 1 is 1.00 bits per heavy atom. The number of hydrogen-bond donors (Lipinski definition) is 0. The number of esters is 1. The van der Waals surface area contributed by atoms with Gasteiger partial charge in [0.1, 0.15) is 13.0 Å². The van der Waals surface area contributed by atoms with Crippen LogP contribution in [0.2, 0.25) is 0 Å². The molecule has 0 aliphatic carbocycles. The third-order valence-electron chi connectivity index (χ3n) is 3.79. The summed E-state index contributed by atoms with van der Waals surface area (Å²) in [5.41, 5.74) is 1.69. The van der Waals surface area contributed by atoms with Gasteiger partial charge in [-0.05, 0) is 36.3 Å². The number of ether oxygens (including phenoxy) is 4. The van der Waals surface area contributed by atoms with E-state index in [0.717, 1.165) is 5.56 Å². The standard InChI is InChI=1S/C22H24O6/c1-4-27-21(24)14-18(23)11-10-17-12-19(25-2)22(20(13-17)26-3)28-15-16-8-6-5-7-9-16/h5-13H,4,14-15H2,1-3H3/b11-10+. The minimum Gasteiger partial charge on any atom is -0.493 e. The molecule has 0 amide bonds. The zero-order chi connectivity index (χ0) is 20.4. The first-order valence-electron chi connectivity index (χ1n) is 8.86. The van der Waals surface area contributed by atoms with Gasteiger partial charge in [-0.1, -0.05) is 36.4 Å². The third kappa shape index (κ3) is 6.16. The van der Waals surface area contributed by atoms with E-state index in [-0.39, 0.29) is 18.8 Å². The van der Waals surface area contributed by atoms with Crippen molar-refractivity contribution in [2.45, 2.75) is 20.0 Å². The molecule has 6 heteroatoms. The Hall–Kier alpha value is -3.28. The summed E-state index contributed by atoms with van der Waals surface area (Å²) in [5, 5.41) is 0. The zero-order valence-electron chi connectivity index (χ0n) is 16.3. The normalized spacial score (nSPS) is 10.5. The summed E-state index contributed by atoms with van der Waals surface area (Å²) in [6.45, 7) is 2.30. The second-order valence-corrected chi connectivity index (χ2v) is 5.81. The highest BCUT2D eigenvalue weighted by Gasteiger charge is 2.14. The highest BCUT2D eigenvalue weighted by Crippen LogP contribution is 2.39. The molecule has 0 saturated carbocycles. The fourth-order valence-corrected chi connectivity index (χ4v) is 2.47. The summed E-state index contributed by atoms with van der Waals surface area (Å²) in [5.74, 6) is 0.544. The molecule has 0 bridgehead atoms. The van der Waals surface area contributed by atoms with Crippen LogP contribution in [0.1, 0.15) is 24.5 Å². The van der Waals surface area contributed by atoms with Gasteiger partial charge >= 0.3 is 5.97 Å². The highest BCUT2D eigenvalue weighted by molar-refractivity contribution is 6.04. The summed E-state index contributed by atoms with van der Waals surface area (Å²) >= 11 is 0. The summed E-state index contributed by atoms with van der Waals surface area (Å²) in [6, 6.07) is 13.2. The molecular formula is C22H24O6. The van der Waals surface area contributed by atoms with Crippen LogP contribution in [0.5, 0.6) is 17.2 Å². The number of rotatable bonds is 10. The predicted octanol–water partition coefficient (Wildman–Crippen LogP) is 3.82. The summed E-state index contributed by atoms with van der Waals surface area (Å²) in [6.07, 6.45) is 2.63. The number of allylic oxidation sites excluding steroid dienone is 1. The van der Waals surface area contributed by atoms with E-state index in [4.69, 9.17) is 18.9 Å². The van der Waals surface area contributed by atoms with Gasteiger partial charge in [-0.25, -0.2) is 0 Å². The monoisotopic (exact) mass is 384 g/mol. The maximum Gasteiger partial charge on any atom is 0.313 e. The van der Waals surface area contributed by atoms with Crippen LogP contribution < -0.4 is 14.2 Å². The molecule has 2 aromatic rings. The topological polar surface area (TPSA) is 71.1 Å². The first kappa shape index (κ1) is 21.0. The molecule has 0 unspecified atom stereocenters. The van der Waals surface area contributed by atoms with Crippen LogP contribution in [0.3, 0.4) is 0 Å². The van der Waals surface area contributed by atoms with Crippen LogP contribution in [0.25, 0.3) is 6.08 Å². The van der Waals surface area contributed by atoms with E-state index < -0.39 is 5.97 Å². The molecule has 0 spiro atoms. The Balaban J connectivity index is 2.16. The van der Waals surface area contributed by atoms with Gasteiger partial charge in [0.15, 0.2) is 17.3 Å². The molecule has 148 valence electrons. The van der Waals surface area contributed by atoms with Crippen molar-refractivity contribution in [3.05, 3.63) is 59.7 Å². The lowest BCUT2D eigenvalue weighted by molar-refractivity contribution is -0.144. The Morgan fingerprint density at radius 2 is 1.64 bits per heavy atom. The number of carbonyl (C=O) groups excluding carboxylic acids is 2. The molecular weight excluding hydrogens is 360 g/mol. The number of hydrogen-bond acceptors (Lipinski definition) is 6. The average molecular weight is 384 g/mol. The van der Waals surface area contributed by atoms with E-state index >= 15 is 0 Å². The Labute approximate surface area is 164 Å². The van der Waals surface area contributed by atoms with Gasteiger partial charge in [-0.2, -0.15) is 0 Å².